The van der Waals surface area contributed by atoms with Crippen LogP contribution in [0.1, 0.15) is 28.5 Å². The Morgan fingerprint density at radius 3 is 2.38 bits per heavy atom. The molecular formula is C14H15NO. The Labute approximate surface area is 95.6 Å². The lowest BCUT2D eigenvalue weighted by atomic mass is 10.0. The maximum atomic E-state index is 10.1. The first-order valence-electron chi connectivity index (χ1n) is 5.34. The summed E-state index contributed by atoms with van der Waals surface area (Å²) in [5, 5.41) is 10.1. The van der Waals surface area contributed by atoms with Crippen molar-refractivity contribution in [2.24, 2.45) is 0 Å². The number of hydrogen-bond acceptors (Lipinski definition) is 2. The van der Waals surface area contributed by atoms with Crippen molar-refractivity contribution in [1.29, 1.82) is 0 Å². The highest BCUT2D eigenvalue weighted by atomic mass is 16.3. The molecule has 2 rings (SSSR count). The van der Waals surface area contributed by atoms with E-state index in [0.29, 0.717) is 5.69 Å². The summed E-state index contributed by atoms with van der Waals surface area (Å²) < 4.78 is 0. The van der Waals surface area contributed by atoms with Gasteiger partial charge in [0.1, 0.15) is 6.10 Å². The van der Waals surface area contributed by atoms with Crippen LogP contribution < -0.4 is 0 Å². The summed E-state index contributed by atoms with van der Waals surface area (Å²) in [5.74, 6) is 0. The van der Waals surface area contributed by atoms with Gasteiger partial charge in [0.05, 0.1) is 5.69 Å². The standard InChI is InChI=1S/C14H15NO/c1-10-8-13(15-9-11(10)2)14(16)12-6-4-3-5-7-12/h3-9,14,16H,1-2H3. The molecule has 0 aliphatic carbocycles. The van der Waals surface area contributed by atoms with Crippen LogP contribution in [-0.2, 0) is 0 Å². The normalized spacial score (nSPS) is 12.4. The number of aliphatic hydroxyl groups excluding tert-OH is 1. The molecule has 0 spiro atoms. The first-order valence-corrected chi connectivity index (χ1v) is 5.34. The van der Waals surface area contributed by atoms with E-state index in [0.717, 1.165) is 16.7 Å². The second kappa shape index (κ2) is 4.45. The van der Waals surface area contributed by atoms with Crippen molar-refractivity contribution in [2.45, 2.75) is 20.0 Å². The number of aliphatic hydroxyl groups is 1. The molecule has 1 heterocycles. The van der Waals surface area contributed by atoms with Crippen molar-refractivity contribution in [3.8, 4) is 0 Å². The van der Waals surface area contributed by atoms with E-state index in [4.69, 9.17) is 0 Å². The average molecular weight is 213 g/mol. The van der Waals surface area contributed by atoms with Crippen molar-refractivity contribution in [3.05, 3.63) is 65.0 Å². The lowest BCUT2D eigenvalue weighted by molar-refractivity contribution is 0.215. The van der Waals surface area contributed by atoms with E-state index in [1.165, 1.54) is 0 Å². The Morgan fingerprint density at radius 2 is 1.75 bits per heavy atom. The van der Waals surface area contributed by atoms with Gasteiger partial charge in [0, 0.05) is 6.20 Å². The Kier molecular flexibility index (Phi) is 3.02. The maximum absolute atomic E-state index is 10.1. The highest BCUT2D eigenvalue weighted by molar-refractivity contribution is 5.30. The van der Waals surface area contributed by atoms with Crippen LogP contribution >= 0.6 is 0 Å². The minimum atomic E-state index is -0.638. The van der Waals surface area contributed by atoms with E-state index >= 15 is 0 Å². The van der Waals surface area contributed by atoms with E-state index in [9.17, 15) is 5.11 Å². The van der Waals surface area contributed by atoms with Gasteiger partial charge < -0.3 is 5.11 Å². The van der Waals surface area contributed by atoms with Crippen LogP contribution in [0, 0.1) is 13.8 Å². The second-order valence-electron chi connectivity index (χ2n) is 4.01. The molecule has 1 unspecified atom stereocenters. The molecule has 16 heavy (non-hydrogen) atoms. The smallest absolute Gasteiger partial charge is 0.121 e. The van der Waals surface area contributed by atoms with Gasteiger partial charge in [-0.2, -0.15) is 0 Å². The fourth-order valence-corrected chi connectivity index (χ4v) is 1.60. The molecule has 1 atom stereocenters. The molecule has 0 saturated carbocycles. The summed E-state index contributed by atoms with van der Waals surface area (Å²) in [6.07, 6.45) is 1.16. The van der Waals surface area contributed by atoms with Crippen LogP contribution in [-0.4, -0.2) is 10.1 Å². The van der Waals surface area contributed by atoms with Gasteiger partial charge in [0.15, 0.2) is 0 Å². The SMILES string of the molecule is Cc1cnc(C(O)c2ccccc2)cc1C. The van der Waals surface area contributed by atoms with Crippen LogP contribution in [0.3, 0.4) is 0 Å². The van der Waals surface area contributed by atoms with Crippen molar-refractivity contribution in [3.63, 3.8) is 0 Å². The summed E-state index contributed by atoms with van der Waals surface area (Å²) in [5.41, 5.74) is 3.87. The maximum Gasteiger partial charge on any atom is 0.121 e. The third kappa shape index (κ3) is 2.12. The van der Waals surface area contributed by atoms with Gasteiger partial charge in [-0.15, -0.1) is 0 Å². The number of aromatic nitrogens is 1. The molecule has 1 aromatic carbocycles. The number of rotatable bonds is 2. The van der Waals surface area contributed by atoms with Gasteiger partial charge >= 0.3 is 0 Å². The number of hydrogen-bond donors (Lipinski definition) is 1. The number of pyridine rings is 1. The monoisotopic (exact) mass is 213 g/mol. The Bertz CT molecular complexity index is 479. The Hall–Kier alpha value is -1.67. The van der Waals surface area contributed by atoms with Crippen LogP contribution in [0.5, 0.6) is 0 Å². The van der Waals surface area contributed by atoms with Crippen molar-refractivity contribution in [2.75, 3.05) is 0 Å². The van der Waals surface area contributed by atoms with Crippen LogP contribution in [0.4, 0.5) is 0 Å². The second-order valence-corrected chi connectivity index (χ2v) is 4.01. The van der Waals surface area contributed by atoms with Gasteiger partial charge in [-0.1, -0.05) is 30.3 Å². The molecule has 1 N–H and O–H groups in total. The largest absolute Gasteiger partial charge is 0.382 e. The van der Waals surface area contributed by atoms with E-state index in [1.807, 2.05) is 50.2 Å². The zero-order chi connectivity index (χ0) is 11.5. The van der Waals surface area contributed by atoms with E-state index in [-0.39, 0.29) is 0 Å². The summed E-state index contributed by atoms with van der Waals surface area (Å²) >= 11 is 0. The van der Waals surface area contributed by atoms with Crippen molar-refractivity contribution >= 4 is 0 Å². The minimum Gasteiger partial charge on any atom is -0.382 e. The predicted octanol–water partition coefficient (Wildman–Crippen LogP) is 2.78. The van der Waals surface area contributed by atoms with Crippen molar-refractivity contribution in [1.82, 2.24) is 4.98 Å². The average Bonchev–Trinajstić information content (AvgIpc) is 2.33. The molecule has 0 fully saturated rings. The molecule has 0 saturated heterocycles. The Balaban J connectivity index is 2.34. The van der Waals surface area contributed by atoms with E-state index in [2.05, 4.69) is 4.98 Å². The molecular weight excluding hydrogens is 198 g/mol. The molecule has 2 nitrogen and oxygen atoms in total. The molecule has 1 aromatic heterocycles. The van der Waals surface area contributed by atoms with E-state index in [1.54, 1.807) is 6.20 Å². The highest BCUT2D eigenvalue weighted by Gasteiger charge is 2.11. The van der Waals surface area contributed by atoms with Crippen LogP contribution in [0.2, 0.25) is 0 Å². The number of benzene rings is 1. The van der Waals surface area contributed by atoms with Crippen LogP contribution in [0.15, 0.2) is 42.6 Å². The van der Waals surface area contributed by atoms with Gasteiger partial charge in [0.2, 0.25) is 0 Å². The third-order valence-corrected chi connectivity index (χ3v) is 2.79. The molecule has 0 aliphatic heterocycles. The molecule has 0 amide bonds. The zero-order valence-corrected chi connectivity index (χ0v) is 9.51. The van der Waals surface area contributed by atoms with Gasteiger partial charge in [-0.05, 0) is 36.6 Å². The minimum absolute atomic E-state index is 0.638. The molecule has 0 radical (unpaired) electrons. The lowest BCUT2D eigenvalue weighted by Gasteiger charge is -2.11. The third-order valence-electron chi connectivity index (χ3n) is 2.79. The molecule has 0 bridgehead atoms. The fourth-order valence-electron chi connectivity index (χ4n) is 1.60. The zero-order valence-electron chi connectivity index (χ0n) is 9.51. The topological polar surface area (TPSA) is 33.1 Å². The molecule has 2 aromatic rings. The number of nitrogens with zero attached hydrogens (tertiary/aromatic N) is 1. The lowest BCUT2D eigenvalue weighted by Crippen LogP contribution is -2.03. The molecule has 82 valence electrons. The quantitative estimate of drug-likeness (QED) is 0.832. The molecule has 0 aliphatic rings. The first-order chi connectivity index (χ1) is 7.68. The highest BCUT2D eigenvalue weighted by Crippen LogP contribution is 2.21. The summed E-state index contributed by atoms with van der Waals surface area (Å²) in [7, 11) is 0. The van der Waals surface area contributed by atoms with Gasteiger partial charge in [0.25, 0.3) is 0 Å². The van der Waals surface area contributed by atoms with Crippen molar-refractivity contribution < 1.29 is 5.11 Å². The van der Waals surface area contributed by atoms with Crippen LogP contribution in [0.25, 0.3) is 0 Å². The first kappa shape index (κ1) is 10.8. The van der Waals surface area contributed by atoms with Gasteiger partial charge in [-0.25, -0.2) is 0 Å². The molecule has 2 heteroatoms. The fraction of sp³-hybridized carbons (Fsp3) is 0.214. The number of aryl methyl sites for hydroxylation is 2. The summed E-state index contributed by atoms with van der Waals surface area (Å²) in [6.45, 7) is 4.04. The Morgan fingerprint density at radius 1 is 1.06 bits per heavy atom. The summed E-state index contributed by atoms with van der Waals surface area (Å²) in [4.78, 5) is 4.27. The van der Waals surface area contributed by atoms with Gasteiger partial charge in [-0.3, -0.25) is 4.98 Å². The summed E-state index contributed by atoms with van der Waals surface area (Å²) in [6, 6.07) is 11.5. The van der Waals surface area contributed by atoms with E-state index < -0.39 is 6.10 Å². The predicted molar refractivity (Wildman–Crippen MR) is 64.2 cm³/mol.